The summed E-state index contributed by atoms with van der Waals surface area (Å²) in [6.07, 6.45) is 4.76. The van der Waals surface area contributed by atoms with Crippen LogP contribution in [0, 0.1) is 0 Å². The molecular weight excluding hydrogens is 612 g/mol. The SMILES string of the molecule is CCCCCCn1c2ccccc2c2ccc(OP(c3ccccc3)c3ccccc3)c(OP(c3ccccc3)c3ccccc3)c21. The summed E-state index contributed by atoms with van der Waals surface area (Å²) in [6.45, 7) is 3.19. The zero-order valence-electron chi connectivity index (χ0n) is 26.7. The van der Waals surface area contributed by atoms with Crippen molar-refractivity contribution >= 4 is 59.3 Å². The van der Waals surface area contributed by atoms with E-state index in [1.54, 1.807) is 0 Å². The lowest BCUT2D eigenvalue weighted by Gasteiger charge is -2.25. The summed E-state index contributed by atoms with van der Waals surface area (Å²) in [5.41, 5.74) is 2.34. The highest BCUT2D eigenvalue weighted by atomic mass is 31.1. The molecular formula is C42H39NO2P2. The molecule has 7 rings (SSSR count). The van der Waals surface area contributed by atoms with E-state index in [0.29, 0.717) is 0 Å². The Kier molecular flexibility index (Phi) is 9.95. The van der Waals surface area contributed by atoms with Crippen LogP contribution in [-0.4, -0.2) is 4.57 Å². The van der Waals surface area contributed by atoms with Crippen LogP contribution in [0.1, 0.15) is 32.6 Å². The van der Waals surface area contributed by atoms with Crippen LogP contribution >= 0.6 is 16.3 Å². The third-order valence-electron chi connectivity index (χ3n) is 8.42. The molecule has 0 amide bonds. The van der Waals surface area contributed by atoms with Crippen LogP contribution in [-0.2, 0) is 6.54 Å². The number of unbranched alkanes of at least 4 members (excludes halogenated alkanes) is 3. The standard InChI is InChI=1S/C42H39NO2P2/c1-2-3-4-19-32-43-39-29-18-17-28-37(39)38-30-31-40(44-46(33-20-9-5-10-21-33)34-22-11-6-12-23-34)42(41(38)43)45-47(35-24-13-7-14-25-35)36-26-15-8-16-27-36/h5-18,20-31H,2-4,19,32H2,1H3. The van der Waals surface area contributed by atoms with Gasteiger partial charge in [-0.3, -0.25) is 0 Å². The average molecular weight is 652 g/mol. The fraction of sp³-hybridized carbons (Fsp3) is 0.143. The van der Waals surface area contributed by atoms with Gasteiger partial charge in [-0.25, -0.2) is 0 Å². The second-order valence-electron chi connectivity index (χ2n) is 11.6. The molecule has 0 aliphatic carbocycles. The van der Waals surface area contributed by atoms with E-state index in [-0.39, 0.29) is 0 Å². The van der Waals surface area contributed by atoms with Gasteiger partial charge in [0.05, 0.1) is 5.52 Å². The Bertz CT molecular complexity index is 1950. The molecule has 0 saturated heterocycles. The van der Waals surface area contributed by atoms with Gasteiger partial charge in [-0.1, -0.05) is 166 Å². The fourth-order valence-electron chi connectivity index (χ4n) is 6.14. The normalized spacial score (nSPS) is 11.5. The second-order valence-corrected chi connectivity index (χ2v) is 15.2. The van der Waals surface area contributed by atoms with E-state index in [1.165, 1.54) is 35.6 Å². The smallest absolute Gasteiger partial charge is 0.190 e. The summed E-state index contributed by atoms with van der Waals surface area (Å²) in [5, 5.41) is 7.08. The summed E-state index contributed by atoms with van der Waals surface area (Å²) in [4.78, 5) is 0. The van der Waals surface area contributed by atoms with Gasteiger partial charge in [0.15, 0.2) is 27.8 Å². The third-order valence-corrected chi connectivity index (χ3v) is 12.2. The summed E-state index contributed by atoms with van der Waals surface area (Å²) in [6, 6.07) is 55.6. The fourth-order valence-corrected chi connectivity index (χ4v) is 9.63. The highest BCUT2D eigenvalue weighted by molar-refractivity contribution is 7.69. The van der Waals surface area contributed by atoms with Gasteiger partial charge < -0.3 is 13.6 Å². The molecule has 6 aromatic carbocycles. The lowest BCUT2D eigenvalue weighted by Crippen LogP contribution is -2.17. The van der Waals surface area contributed by atoms with Crippen LogP contribution in [0.4, 0.5) is 0 Å². The van der Waals surface area contributed by atoms with Crippen molar-refractivity contribution in [1.29, 1.82) is 0 Å². The molecule has 0 spiro atoms. The number of benzene rings is 6. The van der Waals surface area contributed by atoms with Crippen molar-refractivity contribution < 1.29 is 9.05 Å². The third kappa shape index (κ3) is 6.84. The van der Waals surface area contributed by atoms with E-state index in [0.717, 1.165) is 51.2 Å². The van der Waals surface area contributed by atoms with Gasteiger partial charge in [0.1, 0.15) is 0 Å². The average Bonchev–Trinajstić information content (AvgIpc) is 3.46. The quantitative estimate of drug-likeness (QED) is 0.0915. The number of hydrogen-bond acceptors (Lipinski definition) is 2. The Morgan fingerprint density at radius 3 is 1.49 bits per heavy atom. The Balaban J connectivity index is 1.45. The first-order valence-corrected chi connectivity index (χ1v) is 19.0. The van der Waals surface area contributed by atoms with Gasteiger partial charge in [-0.15, -0.1) is 0 Å². The van der Waals surface area contributed by atoms with E-state index in [1.807, 2.05) is 0 Å². The second kappa shape index (κ2) is 15.0. The molecule has 0 unspecified atom stereocenters. The number of nitrogens with zero attached hydrogens (tertiary/aromatic N) is 1. The maximum atomic E-state index is 7.43. The highest BCUT2D eigenvalue weighted by Gasteiger charge is 2.27. The zero-order valence-corrected chi connectivity index (χ0v) is 28.5. The molecule has 3 nitrogen and oxygen atoms in total. The van der Waals surface area contributed by atoms with E-state index in [2.05, 4.69) is 169 Å². The topological polar surface area (TPSA) is 23.4 Å². The van der Waals surface area contributed by atoms with Crippen molar-refractivity contribution in [3.63, 3.8) is 0 Å². The van der Waals surface area contributed by atoms with Gasteiger partial charge >= 0.3 is 0 Å². The lowest BCUT2D eigenvalue weighted by atomic mass is 10.1. The molecule has 5 heteroatoms. The first-order valence-electron chi connectivity index (χ1n) is 16.5. The molecule has 234 valence electrons. The predicted molar refractivity (Wildman–Crippen MR) is 203 cm³/mol. The Morgan fingerprint density at radius 1 is 0.468 bits per heavy atom. The zero-order chi connectivity index (χ0) is 31.8. The summed E-state index contributed by atoms with van der Waals surface area (Å²) in [7, 11) is -2.36. The van der Waals surface area contributed by atoms with Gasteiger partial charge in [-0.2, -0.15) is 0 Å². The molecule has 0 radical (unpaired) electrons. The number of aromatic nitrogens is 1. The van der Waals surface area contributed by atoms with Crippen molar-refractivity contribution in [2.45, 2.75) is 39.2 Å². The first-order chi connectivity index (χ1) is 23.3. The molecule has 0 aliphatic heterocycles. The van der Waals surface area contributed by atoms with Crippen LogP contribution in [0.3, 0.4) is 0 Å². The first kappa shape index (κ1) is 31.2. The van der Waals surface area contributed by atoms with Crippen molar-refractivity contribution in [2.24, 2.45) is 0 Å². The van der Waals surface area contributed by atoms with Crippen molar-refractivity contribution in [3.05, 3.63) is 158 Å². The summed E-state index contributed by atoms with van der Waals surface area (Å²) < 4.78 is 17.1. The monoisotopic (exact) mass is 651 g/mol. The number of rotatable bonds is 13. The molecule has 1 heterocycles. The summed E-state index contributed by atoms with van der Waals surface area (Å²) in [5.74, 6) is 1.58. The molecule has 7 aromatic rings. The largest absolute Gasteiger partial charge is 0.461 e. The maximum absolute atomic E-state index is 7.43. The van der Waals surface area contributed by atoms with E-state index < -0.39 is 16.3 Å². The lowest BCUT2D eigenvalue weighted by molar-refractivity contribution is 0.552. The van der Waals surface area contributed by atoms with Crippen molar-refractivity contribution in [2.75, 3.05) is 0 Å². The van der Waals surface area contributed by atoms with Gasteiger partial charge in [0, 0.05) is 44.1 Å². The van der Waals surface area contributed by atoms with E-state index >= 15 is 0 Å². The summed E-state index contributed by atoms with van der Waals surface area (Å²) >= 11 is 0. The number of hydrogen-bond donors (Lipinski definition) is 0. The van der Waals surface area contributed by atoms with Crippen LogP contribution in [0.2, 0.25) is 0 Å². The molecule has 47 heavy (non-hydrogen) atoms. The number of para-hydroxylation sites is 1. The Labute approximate surface area is 280 Å². The van der Waals surface area contributed by atoms with Crippen molar-refractivity contribution in [1.82, 2.24) is 4.57 Å². The number of aryl methyl sites for hydroxylation is 1. The van der Waals surface area contributed by atoms with Crippen molar-refractivity contribution in [3.8, 4) is 11.5 Å². The molecule has 0 aliphatic rings. The van der Waals surface area contributed by atoms with Gasteiger partial charge in [0.2, 0.25) is 0 Å². The minimum absolute atomic E-state index is 0.772. The molecule has 0 fully saturated rings. The molecule has 0 bridgehead atoms. The van der Waals surface area contributed by atoms with E-state index in [9.17, 15) is 0 Å². The van der Waals surface area contributed by atoms with E-state index in [4.69, 9.17) is 9.05 Å². The molecule has 0 N–H and O–H groups in total. The Morgan fingerprint density at radius 2 is 0.957 bits per heavy atom. The molecule has 1 aromatic heterocycles. The van der Waals surface area contributed by atoms with Crippen LogP contribution < -0.4 is 30.3 Å². The minimum Gasteiger partial charge on any atom is -0.461 e. The van der Waals surface area contributed by atoms with Crippen LogP contribution in [0.15, 0.2) is 158 Å². The van der Waals surface area contributed by atoms with Gasteiger partial charge in [-0.05, 0) is 24.6 Å². The predicted octanol–water partition coefficient (Wildman–Crippen LogP) is 10.2. The highest BCUT2D eigenvalue weighted by Crippen LogP contribution is 2.50. The number of fused-ring (bicyclic) bond motifs is 3. The Hall–Kier alpha value is -4.42. The van der Waals surface area contributed by atoms with Gasteiger partial charge in [0.25, 0.3) is 0 Å². The minimum atomic E-state index is -1.20. The maximum Gasteiger partial charge on any atom is 0.190 e. The molecule has 0 saturated carbocycles. The van der Waals surface area contributed by atoms with Crippen LogP contribution in [0.5, 0.6) is 11.5 Å². The molecule has 0 atom stereocenters. The van der Waals surface area contributed by atoms with Crippen LogP contribution in [0.25, 0.3) is 21.8 Å².